The summed E-state index contributed by atoms with van der Waals surface area (Å²) in [6.07, 6.45) is 1.90. The summed E-state index contributed by atoms with van der Waals surface area (Å²) in [5, 5.41) is 2.91. The van der Waals surface area contributed by atoms with Crippen molar-refractivity contribution < 1.29 is 26.9 Å². The first kappa shape index (κ1) is 23.9. The lowest BCUT2D eigenvalue weighted by Gasteiger charge is -2.27. The van der Waals surface area contributed by atoms with Gasteiger partial charge in [-0.25, -0.2) is 4.79 Å². The van der Waals surface area contributed by atoms with E-state index < -0.39 is 10.1 Å². The third-order valence-corrected chi connectivity index (χ3v) is 6.23. The Morgan fingerprint density at radius 1 is 1.19 bits per heavy atom. The van der Waals surface area contributed by atoms with Gasteiger partial charge in [-0.3, -0.25) is 0 Å². The molecule has 1 saturated heterocycles. The van der Waals surface area contributed by atoms with Gasteiger partial charge in [-0.05, 0) is 68.7 Å². The van der Waals surface area contributed by atoms with E-state index in [2.05, 4.69) is 5.32 Å². The molecule has 1 aliphatic rings. The molecular weight excluding hydrogens is 432 g/mol. The Kier molecular flexibility index (Phi) is 7.98. The van der Waals surface area contributed by atoms with Crippen molar-refractivity contribution in [1.82, 2.24) is 10.2 Å². The minimum atomic E-state index is -4.00. The van der Waals surface area contributed by atoms with Crippen molar-refractivity contribution >= 4 is 16.1 Å². The Bertz CT molecular complexity index is 1000. The molecule has 0 saturated carbocycles. The number of ether oxygens (including phenoxy) is 2. The SMILES string of the molecule is COc1ccc(S(=O)(=O)Oc2cccc(CN(C[C@@H]3CCCO3)C(=O)NC(C)C)c2)cc1. The molecule has 2 amide bonds. The summed E-state index contributed by atoms with van der Waals surface area (Å²) in [6.45, 7) is 5.28. The van der Waals surface area contributed by atoms with Crippen LogP contribution in [0.1, 0.15) is 32.3 Å². The fourth-order valence-electron chi connectivity index (χ4n) is 3.42. The number of urea groups is 1. The van der Waals surface area contributed by atoms with Crippen LogP contribution in [-0.2, 0) is 21.4 Å². The molecule has 1 aliphatic heterocycles. The van der Waals surface area contributed by atoms with Crippen molar-refractivity contribution in [2.24, 2.45) is 0 Å². The second kappa shape index (κ2) is 10.7. The van der Waals surface area contributed by atoms with Gasteiger partial charge in [0.05, 0.1) is 13.2 Å². The predicted octanol–water partition coefficient (Wildman–Crippen LogP) is 3.56. The topological polar surface area (TPSA) is 94.2 Å². The van der Waals surface area contributed by atoms with E-state index in [4.69, 9.17) is 13.7 Å². The number of hydrogen-bond donors (Lipinski definition) is 1. The number of benzene rings is 2. The Hall–Kier alpha value is -2.78. The molecule has 9 heteroatoms. The van der Waals surface area contributed by atoms with E-state index in [0.717, 1.165) is 18.4 Å². The van der Waals surface area contributed by atoms with Crippen molar-refractivity contribution in [3.8, 4) is 11.5 Å². The first-order chi connectivity index (χ1) is 15.3. The van der Waals surface area contributed by atoms with E-state index in [1.54, 1.807) is 35.2 Å². The van der Waals surface area contributed by atoms with Crippen LogP contribution in [0, 0.1) is 0 Å². The van der Waals surface area contributed by atoms with Crippen LogP contribution in [0.15, 0.2) is 53.4 Å². The van der Waals surface area contributed by atoms with E-state index in [1.165, 1.54) is 19.2 Å². The molecule has 1 heterocycles. The molecule has 2 aromatic rings. The second-order valence-corrected chi connectivity index (χ2v) is 9.53. The average Bonchev–Trinajstić information content (AvgIpc) is 3.26. The minimum absolute atomic E-state index is 0.00111. The Balaban J connectivity index is 1.74. The van der Waals surface area contributed by atoms with Gasteiger partial charge in [0.15, 0.2) is 0 Å². The Morgan fingerprint density at radius 2 is 1.94 bits per heavy atom. The van der Waals surface area contributed by atoms with Crippen molar-refractivity contribution in [3.63, 3.8) is 0 Å². The predicted molar refractivity (Wildman–Crippen MR) is 120 cm³/mol. The maximum Gasteiger partial charge on any atom is 0.339 e. The van der Waals surface area contributed by atoms with Crippen LogP contribution in [0.5, 0.6) is 11.5 Å². The fourth-order valence-corrected chi connectivity index (χ4v) is 4.35. The van der Waals surface area contributed by atoms with Gasteiger partial charge in [0.2, 0.25) is 0 Å². The summed E-state index contributed by atoms with van der Waals surface area (Å²) in [5.41, 5.74) is 0.754. The molecule has 1 fully saturated rings. The highest BCUT2D eigenvalue weighted by Crippen LogP contribution is 2.23. The highest BCUT2D eigenvalue weighted by molar-refractivity contribution is 7.87. The van der Waals surface area contributed by atoms with Gasteiger partial charge in [0.1, 0.15) is 16.4 Å². The second-order valence-electron chi connectivity index (χ2n) is 7.98. The monoisotopic (exact) mass is 462 g/mol. The highest BCUT2D eigenvalue weighted by Gasteiger charge is 2.24. The molecule has 1 N–H and O–H groups in total. The van der Waals surface area contributed by atoms with Gasteiger partial charge >= 0.3 is 16.1 Å². The summed E-state index contributed by atoms with van der Waals surface area (Å²) in [7, 11) is -2.49. The van der Waals surface area contributed by atoms with E-state index >= 15 is 0 Å². The largest absolute Gasteiger partial charge is 0.497 e. The maximum absolute atomic E-state index is 12.7. The van der Waals surface area contributed by atoms with Crippen molar-refractivity contribution in [1.29, 1.82) is 0 Å². The van der Waals surface area contributed by atoms with E-state index in [0.29, 0.717) is 25.4 Å². The number of carbonyl (C=O) groups excluding carboxylic acids is 1. The van der Waals surface area contributed by atoms with Crippen LogP contribution in [0.3, 0.4) is 0 Å². The van der Waals surface area contributed by atoms with Gasteiger partial charge < -0.3 is 23.9 Å². The van der Waals surface area contributed by atoms with E-state index in [-0.39, 0.29) is 28.8 Å². The standard InChI is InChI=1S/C23H30N2O6S/c1-17(2)24-23(26)25(16-21-8-5-13-30-21)15-18-6-4-7-20(14-18)31-32(27,28)22-11-9-19(29-3)10-12-22/h4,6-7,9-12,14,17,21H,5,8,13,15-16H2,1-3H3,(H,24,26)/t21-/m0/s1. The zero-order chi connectivity index (χ0) is 23.1. The molecule has 2 aromatic carbocycles. The van der Waals surface area contributed by atoms with Crippen LogP contribution in [-0.4, -0.2) is 51.8 Å². The van der Waals surface area contributed by atoms with Crippen LogP contribution in [0.25, 0.3) is 0 Å². The van der Waals surface area contributed by atoms with E-state index in [9.17, 15) is 13.2 Å². The smallest absolute Gasteiger partial charge is 0.339 e. The molecule has 1 atom stereocenters. The third kappa shape index (κ3) is 6.61. The fraction of sp³-hybridized carbons (Fsp3) is 0.435. The van der Waals surface area contributed by atoms with E-state index in [1.807, 2.05) is 19.9 Å². The molecule has 0 radical (unpaired) electrons. The van der Waals surface area contributed by atoms with Gasteiger partial charge in [-0.15, -0.1) is 0 Å². The zero-order valence-electron chi connectivity index (χ0n) is 18.6. The summed E-state index contributed by atoms with van der Waals surface area (Å²) in [4.78, 5) is 14.4. The van der Waals surface area contributed by atoms with Gasteiger partial charge in [-0.2, -0.15) is 8.42 Å². The number of methoxy groups -OCH3 is 1. The van der Waals surface area contributed by atoms with Gasteiger partial charge in [0, 0.05) is 25.7 Å². The lowest BCUT2D eigenvalue weighted by molar-refractivity contribution is 0.0791. The summed E-state index contributed by atoms with van der Waals surface area (Å²) in [5.74, 6) is 0.733. The van der Waals surface area contributed by atoms with Crippen molar-refractivity contribution in [3.05, 3.63) is 54.1 Å². The summed E-state index contributed by atoms with van der Waals surface area (Å²) in [6, 6.07) is 12.5. The molecule has 0 spiro atoms. The lowest BCUT2D eigenvalue weighted by Crippen LogP contribution is -2.45. The number of rotatable bonds is 9. The number of hydrogen-bond acceptors (Lipinski definition) is 6. The molecule has 3 rings (SSSR count). The lowest BCUT2D eigenvalue weighted by atomic mass is 10.2. The molecule has 174 valence electrons. The van der Waals surface area contributed by atoms with Crippen LogP contribution < -0.4 is 14.2 Å². The molecule has 0 aliphatic carbocycles. The number of amides is 2. The molecule has 0 bridgehead atoms. The van der Waals surface area contributed by atoms with Crippen LogP contribution in [0.2, 0.25) is 0 Å². The first-order valence-electron chi connectivity index (χ1n) is 10.6. The maximum atomic E-state index is 12.7. The molecule has 0 aromatic heterocycles. The molecule has 0 unspecified atom stereocenters. The van der Waals surface area contributed by atoms with Crippen molar-refractivity contribution in [2.75, 3.05) is 20.3 Å². The summed E-state index contributed by atoms with van der Waals surface area (Å²) >= 11 is 0. The highest BCUT2D eigenvalue weighted by atomic mass is 32.2. The molecule has 8 nitrogen and oxygen atoms in total. The molecule has 32 heavy (non-hydrogen) atoms. The average molecular weight is 463 g/mol. The third-order valence-electron chi connectivity index (χ3n) is 4.97. The Morgan fingerprint density at radius 3 is 2.56 bits per heavy atom. The normalized spacial score (nSPS) is 16.1. The van der Waals surface area contributed by atoms with Crippen LogP contribution in [0.4, 0.5) is 4.79 Å². The number of nitrogens with one attached hydrogen (secondary N) is 1. The Labute approximate surface area is 189 Å². The quantitative estimate of drug-likeness (QED) is 0.573. The first-order valence-corrected chi connectivity index (χ1v) is 12.0. The van der Waals surface area contributed by atoms with Crippen molar-refractivity contribution in [2.45, 2.75) is 50.3 Å². The zero-order valence-corrected chi connectivity index (χ0v) is 19.4. The number of carbonyl (C=O) groups is 1. The minimum Gasteiger partial charge on any atom is -0.497 e. The van der Waals surface area contributed by atoms with Crippen LogP contribution >= 0.6 is 0 Å². The molecular formula is C23H30N2O6S. The van der Waals surface area contributed by atoms with Gasteiger partial charge in [0.25, 0.3) is 0 Å². The number of nitrogens with zero attached hydrogens (tertiary/aromatic N) is 1. The summed E-state index contributed by atoms with van der Waals surface area (Å²) < 4.78 is 41.4. The van der Waals surface area contributed by atoms with Gasteiger partial charge in [-0.1, -0.05) is 12.1 Å².